The summed E-state index contributed by atoms with van der Waals surface area (Å²) >= 11 is 0. The molecule has 0 aromatic heterocycles. The van der Waals surface area contributed by atoms with Crippen molar-refractivity contribution in [1.82, 2.24) is 0 Å². The number of hydrogen-bond acceptors (Lipinski definition) is 4. The zero-order valence-electron chi connectivity index (χ0n) is 54.3. The minimum Gasteiger partial charge on any atom is -0.310 e. The maximum absolute atomic E-state index is 2.49. The van der Waals surface area contributed by atoms with E-state index in [1.807, 2.05) is 0 Å². The number of rotatable bonds is 14. The van der Waals surface area contributed by atoms with Crippen molar-refractivity contribution in [2.45, 2.75) is 38.5 Å². The first-order chi connectivity index (χ1) is 47.2. The van der Waals surface area contributed by atoms with E-state index in [9.17, 15) is 0 Å². The Bertz CT molecular complexity index is 5230. The average molecular weight is 1230 g/mol. The Balaban J connectivity index is 0.865. The zero-order chi connectivity index (χ0) is 64.5. The van der Waals surface area contributed by atoms with Gasteiger partial charge < -0.3 is 19.6 Å². The van der Waals surface area contributed by atoms with Gasteiger partial charge in [-0.2, -0.15) is 0 Å². The number of fused-ring (bicyclic) bond motifs is 8. The highest BCUT2D eigenvalue weighted by atomic mass is 15.2. The molecule has 0 radical (unpaired) electrons. The van der Waals surface area contributed by atoms with Gasteiger partial charge in [-0.1, -0.05) is 234 Å². The van der Waals surface area contributed by atoms with Crippen LogP contribution in [0.1, 0.15) is 49.9 Å². The predicted molar refractivity (Wildman–Crippen MR) is 406 cm³/mol. The van der Waals surface area contributed by atoms with Gasteiger partial charge in [-0.05, 0) is 212 Å². The molecular formula is C92H70N4. The summed E-state index contributed by atoms with van der Waals surface area (Å²) < 4.78 is 0. The summed E-state index contributed by atoms with van der Waals surface area (Å²) in [6.07, 6.45) is 0. The van der Waals surface area contributed by atoms with Crippen LogP contribution in [0.15, 0.2) is 352 Å². The van der Waals surface area contributed by atoms with Gasteiger partial charge in [0.05, 0.1) is 11.4 Å². The van der Waals surface area contributed by atoms with E-state index in [1.165, 1.54) is 50.1 Å². The van der Waals surface area contributed by atoms with Gasteiger partial charge in [-0.15, -0.1) is 0 Å². The standard InChI is InChI=1S/C92H70N4/c1-91(2)85-56-48-65(57-82(85)79-55-50-76(62-88(79)91)94(69-33-17-7-18-34-69)70-35-19-8-20-36-70)63-46-52-80-83(58-63)89(95(71-37-21-9-22-38-71)72-39-23-10-24-40-72)81-53-47-64(59-84(81)90(80)96(73-41-25-11-26-42-73)74-43-27-12-28-44-74)66-45-51-77-78-54-49-75(61-87(78)92(3,4)86(77)60-66)93(67-29-13-5-14-30-67)68-31-15-6-16-32-68/h5-62H,1-4H3. The van der Waals surface area contributed by atoms with Crippen LogP contribution >= 0.6 is 0 Å². The molecular weight excluding hydrogens is 1160 g/mol. The molecule has 96 heavy (non-hydrogen) atoms. The van der Waals surface area contributed by atoms with E-state index >= 15 is 0 Å². The van der Waals surface area contributed by atoms with Gasteiger partial charge >= 0.3 is 0 Å². The monoisotopic (exact) mass is 1230 g/mol. The molecule has 15 aromatic carbocycles. The molecule has 0 N–H and O–H groups in total. The molecule has 0 amide bonds. The fourth-order valence-corrected chi connectivity index (χ4v) is 15.5. The van der Waals surface area contributed by atoms with Crippen LogP contribution in [0.2, 0.25) is 0 Å². The summed E-state index contributed by atoms with van der Waals surface area (Å²) in [5, 5.41) is 4.53. The second kappa shape index (κ2) is 23.5. The Morgan fingerprint density at radius 3 is 0.792 bits per heavy atom. The Morgan fingerprint density at radius 2 is 0.438 bits per heavy atom. The third-order valence-electron chi connectivity index (χ3n) is 20.1. The van der Waals surface area contributed by atoms with E-state index < -0.39 is 0 Å². The summed E-state index contributed by atoms with van der Waals surface area (Å²) in [7, 11) is 0. The number of benzene rings is 15. The highest BCUT2D eigenvalue weighted by Crippen LogP contribution is 2.57. The van der Waals surface area contributed by atoms with Gasteiger partial charge in [-0.25, -0.2) is 0 Å². The Kier molecular flexibility index (Phi) is 14.2. The van der Waals surface area contributed by atoms with E-state index in [2.05, 4.69) is 399 Å². The van der Waals surface area contributed by atoms with Crippen LogP contribution < -0.4 is 19.6 Å². The number of nitrogens with zero attached hydrogens (tertiary/aromatic N) is 4. The lowest BCUT2D eigenvalue weighted by atomic mass is 9.81. The topological polar surface area (TPSA) is 13.0 Å². The Labute approximate surface area is 563 Å². The molecule has 458 valence electrons. The molecule has 0 saturated heterocycles. The molecule has 0 unspecified atom stereocenters. The third kappa shape index (κ3) is 9.83. The van der Waals surface area contributed by atoms with Crippen molar-refractivity contribution in [2.24, 2.45) is 0 Å². The van der Waals surface area contributed by atoms with Crippen molar-refractivity contribution >= 4 is 89.8 Å². The molecule has 4 heteroatoms. The highest BCUT2D eigenvalue weighted by molar-refractivity contribution is 6.24. The van der Waals surface area contributed by atoms with Crippen LogP contribution in [0.5, 0.6) is 0 Å². The summed E-state index contributed by atoms with van der Waals surface area (Å²) in [5.41, 5.74) is 27.8. The molecule has 2 aliphatic rings. The quantitative estimate of drug-likeness (QED) is 0.0795. The van der Waals surface area contributed by atoms with Gasteiger partial charge in [-0.3, -0.25) is 0 Å². The lowest BCUT2D eigenvalue weighted by Gasteiger charge is -2.33. The number of hydrogen-bond donors (Lipinski definition) is 0. The van der Waals surface area contributed by atoms with Gasteiger partial charge in [0.25, 0.3) is 0 Å². The molecule has 2 aliphatic carbocycles. The van der Waals surface area contributed by atoms with E-state index in [-0.39, 0.29) is 10.8 Å². The number of anilines is 12. The van der Waals surface area contributed by atoms with E-state index in [1.54, 1.807) is 0 Å². The smallest absolute Gasteiger partial charge is 0.0620 e. The minimum atomic E-state index is -0.295. The lowest BCUT2D eigenvalue weighted by molar-refractivity contribution is 0.660. The summed E-state index contributed by atoms with van der Waals surface area (Å²) in [6.45, 7) is 9.57. The first-order valence-corrected chi connectivity index (χ1v) is 33.4. The van der Waals surface area contributed by atoms with Crippen LogP contribution in [0.3, 0.4) is 0 Å². The molecule has 0 aliphatic heterocycles. The van der Waals surface area contributed by atoms with Crippen LogP contribution in [0, 0.1) is 0 Å². The predicted octanol–water partition coefficient (Wildman–Crippen LogP) is 25.8. The van der Waals surface area contributed by atoms with E-state index in [4.69, 9.17) is 0 Å². The van der Waals surface area contributed by atoms with Crippen LogP contribution in [0.4, 0.5) is 68.2 Å². The Morgan fingerprint density at radius 1 is 0.177 bits per heavy atom. The third-order valence-corrected chi connectivity index (χ3v) is 20.1. The van der Waals surface area contributed by atoms with Crippen LogP contribution in [-0.4, -0.2) is 0 Å². The molecule has 0 spiro atoms. The van der Waals surface area contributed by atoms with Crippen molar-refractivity contribution in [3.05, 3.63) is 374 Å². The van der Waals surface area contributed by atoms with E-state index in [0.29, 0.717) is 0 Å². The van der Waals surface area contributed by atoms with Crippen LogP contribution in [-0.2, 0) is 10.8 Å². The average Bonchev–Trinajstić information content (AvgIpc) is 1.25. The zero-order valence-corrected chi connectivity index (χ0v) is 54.3. The molecule has 4 nitrogen and oxygen atoms in total. The van der Waals surface area contributed by atoms with Gasteiger partial charge in [0.2, 0.25) is 0 Å². The molecule has 0 atom stereocenters. The first-order valence-electron chi connectivity index (χ1n) is 33.4. The summed E-state index contributed by atoms with van der Waals surface area (Å²) in [4.78, 5) is 9.71. The normalized spacial score (nSPS) is 13.0. The minimum absolute atomic E-state index is 0.245. The van der Waals surface area contributed by atoms with Gasteiger partial charge in [0, 0.05) is 89.2 Å². The summed E-state index contributed by atoms with van der Waals surface area (Å²) in [5.74, 6) is 0. The van der Waals surface area contributed by atoms with Crippen molar-refractivity contribution in [3.63, 3.8) is 0 Å². The number of para-hydroxylation sites is 8. The van der Waals surface area contributed by atoms with Crippen molar-refractivity contribution in [2.75, 3.05) is 19.6 Å². The molecule has 17 rings (SSSR count). The van der Waals surface area contributed by atoms with Gasteiger partial charge in [0.1, 0.15) is 0 Å². The SMILES string of the molecule is CC1(C)c2ccc(-c3ccc4c(N(c5ccccc5)c5ccccc5)c5cc(-c6ccc7c(c6)C(C)(C)c6cc(N(c8ccccc8)c8ccccc8)ccc6-7)ccc5c(N(c5ccccc5)c5ccccc5)c4c3)cc2-c2ccc(N(c3ccccc3)c3ccccc3)cc21. The fourth-order valence-electron chi connectivity index (χ4n) is 15.5. The Hall–Kier alpha value is -12.0. The fraction of sp³-hybridized carbons (Fsp3) is 0.0652. The molecule has 15 aromatic rings. The highest BCUT2D eigenvalue weighted by Gasteiger charge is 2.39. The maximum atomic E-state index is 2.49. The van der Waals surface area contributed by atoms with Crippen molar-refractivity contribution < 1.29 is 0 Å². The molecule has 0 heterocycles. The van der Waals surface area contributed by atoms with Crippen LogP contribution in [0.25, 0.3) is 66.1 Å². The maximum Gasteiger partial charge on any atom is 0.0620 e. The van der Waals surface area contributed by atoms with Crippen molar-refractivity contribution in [3.8, 4) is 44.5 Å². The molecule has 0 bridgehead atoms. The van der Waals surface area contributed by atoms with Gasteiger partial charge in [0.15, 0.2) is 0 Å². The van der Waals surface area contributed by atoms with E-state index in [0.717, 1.165) is 106 Å². The molecule has 0 saturated carbocycles. The first kappa shape index (κ1) is 57.9. The van der Waals surface area contributed by atoms with Crippen molar-refractivity contribution in [1.29, 1.82) is 0 Å². The largest absolute Gasteiger partial charge is 0.310 e. The molecule has 0 fully saturated rings. The summed E-state index contributed by atoms with van der Waals surface area (Å²) in [6, 6.07) is 130. The second-order valence-corrected chi connectivity index (χ2v) is 26.5. The lowest BCUT2D eigenvalue weighted by Crippen LogP contribution is -2.16. The second-order valence-electron chi connectivity index (χ2n) is 26.5.